The van der Waals surface area contributed by atoms with Crippen molar-refractivity contribution in [2.24, 2.45) is 5.73 Å². The van der Waals surface area contributed by atoms with Gasteiger partial charge in [-0.15, -0.1) is 0 Å². The maximum atomic E-state index is 9.02. The van der Waals surface area contributed by atoms with Gasteiger partial charge in [0.25, 0.3) is 0 Å². The number of benzene rings is 1. The molecule has 0 unspecified atom stereocenters. The van der Waals surface area contributed by atoms with E-state index in [1.54, 1.807) is 0 Å². The first-order valence-electron chi connectivity index (χ1n) is 5.55. The fourth-order valence-corrected chi connectivity index (χ4v) is 2.17. The van der Waals surface area contributed by atoms with Crippen molar-refractivity contribution >= 4 is 34.5 Å². The van der Waals surface area contributed by atoms with E-state index in [0.717, 1.165) is 18.7 Å². The molecule has 0 spiro atoms. The number of thiocarbonyl (C=S) groups is 1. The molecular weight excluding hydrogens is 256 g/mol. The van der Waals surface area contributed by atoms with Gasteiger partial charge in [0.05, 0.1) is 11.6 Å². The van der Waals surface area contributed by atoms with Crippen LogP contribution < -0.4 is 10.6 Å². The summed E-state index contributed by atoms with van der Waals surface area (Å²) in [6.07, 6.45) is 1.01. The molecule has 1 aromatic carbocycles. The molecule has 0 saturated carbocycles. The molecule has 1 aromatic rings. The number of nitrogens with zero attached hydrogens (tertiary/aromatic N) is 1. The van der Waals surface area contributed by atoms with E-state index < -0.39 is 0 Å². The van der Waals surface area contributed by atoms with Crippen molar-refractivity contribution in [1.29, 1.82) is 0 Å². The van der Waals surface area contributed by atoms with Crippen LogP contribution in [0.25, 0.3) is 0 Å². The summed E-state index contributed by atoms with van der Waals surface area (Å²) in [5.74, 6) is 0. The van der Waals surface area contributed by atoms with Gasteiger partial charge in [-0.05, 0) is 24.6 Å². The predicted octanol–water partition coefficient (Wildman–Crippen LogP) is 2.18. The summed E-state index contributed by atoms with van der Waals surface area (Å²) in [7, 11) is 0. The number of nitrogens with two attached hydrogens (primary N) is 1. The third-order valence-electron chi connectivity index (χ3n) is 2.45. The molecular formula is C12H17ClN2OS. The number of rotatable bonds is 6. The summed E-state index contributed by atoms with van der Waals surface area (Å²) >= 11 is 11.0. The minimum atomic E-state index is 0.120. The zero-order valence-electron chi connectivity index (χ0n) is 9.82. The van der Waals surface area contributed by atoms with Crippen molar-refractivity contribution in [1.82, 2.24) is 0 Å². The molecule has 94 valence electrons. The summed E-state index contributed by atoms with van der Waals surface area (Å²) in [5.41, 5.74) is 7.22. The highest BCUT2D eigenvalue weighted by molar-refractivity contribution is 7.80. The number of halogens is 1. The van der Waals surface area contributed by atoms with Crippen LogP contribution in [0, 0.1) is 0 Å². The van der Waals surface area contributed by atoms with Gasteiger partial charge in [0.1, 0.15) is 4.99 Å². The number of hydrogen-bond donors (Lipinski definition) is 2. The van der Waals surface area contributed by atoms with Gasteiger partial charge >= 0.3 is 0 Å². The molecule has 0 aliphatic rings. The van der Waals surface area contributed by atoms with Crippen LogP contribution in [0.5, 0.6) is 0 Å². The van der Waals surface area contributed by atoms with Gasteiger partial charge in [0, 0.05) is 24.3 Å². The Bertz CT molecular complexity index is 392. The summed E-state index contributed by atoms with van der Waals surface area (Å²) in [4.78, 5) is 2.38. The topological polar surface area (TPSA) is 49.5 Å². The Hall–Kier alpha value is -0.840. The van der Waals surface area contributed by atoms with Crippen molar-refractivity contribution in [3.63, 3.8) is 0 Å². The van der Waals surface area contributed by atoms with E-state index in [1.165, 1.54) is 0 Å². The molecule has 0 saturated heterocycles. The molecule has 3 N–H and O–H groups in total. The minimum absolute atomic E-state index is 0.120. The number of aliphatic hydroxyl groups excluding tert-OH is 1. The van der Waals surface area contributed by atoms with Crippen LogP contribution in [0.1, 0.15) is 18.9 Å². The predicted molar refractivity (Wildman–Crippen MR) is 76.9 cm³/mol. The molecule has 0 aromatic heterocycles. The second kappa shape index (κ2) is 6.79. The Morgan fingerprint density at radius 3 is 2.65 bits per heavy atom. The molecule has 5 heteroatoms. The molecule has 0 heterocycles. The quantitative estimate of drug-likeness (QED) is 0.780. The highest BCUT2D eigenvalue weighted by Crippen LogP contribution is 2.23. The first-order valence-corrected chi connectivity index (χ1v) is 6.34. The highest BCUT2D eigenvalue weighted by atomic mass is 35.5. The lowest BCUT2D eigenvalue weighted by atomic mass is 10.2. The average molecular weight is 273 g/mol. The monoisotopic (exact) mass is 272 g/mol. The van der Waals surface area contributed by atoms with Crippen molar-refractivity contribution in [2.75, 3.05) is 24.6 Å². The van der Waals surface area contributed by atoms with Crippen molar-refractivity contribution < 1.29 is 5.11 Å². The lowest BCUT2D eigenvalue weighted by Gasteiger charge is -2.23. The largest absolute Gasteiger partial charge is 0.395 e. The van der Waals surface area contributed by atoms with Gasteiger partial charge in [0.15, 0.2) is 0 Å². The van der Waals surface area contributed by atoms with Crippen LogP contribution in [0.2, 0.25) is 5.02 Å². The van der Waals surface area contributed by atoms with Crippen LogP contribution in [-0.4, -0.2) is 29.8 Å². The van der Waals surface area contributed by atoms with E-state index in [1.807, 2.05) is 18.2 Å². The molecule has 0 atom stereocenters. The Labute approximate surface area is 112 Å². The third kappa shape index (κ3) is 3.84. The Kier molecular flexibility index (Phi) is 5.68. The Morgan fingerprint density at radius 1 is 1.47 bits per heavy atom. The van der Waals surface area contributed by atoms with Crippen LogP contribution in [0.4, 0.5) is 5.69 Å². The molecule has 3 nitrogen and oxygen atoms in total. The van der Waals surface area contributed by atoms with Gasteiger partial charge in [-0.1, -0.05) is 30.7 Å². The minimum Gasteiger partial charge on any atom is -0.395 e. The standard InChI is InChI=1S/C12H17ClN2OS/c1-2-5-15(6-7-16)9-3-4-10(12(14)17)11(13)8-9/h3-4,8,16H,2,5-7H2,1H3,(H2,14,17). The lowest BCUT2D eigenvalue weighted by Crippen LogP contribution is -2.27. The molecule has 0 bridgehead atoms. The first kappa shape index (κ1) is 14.2. The van der Waals surface area contributed by atoms with Crippen LogP contribution in [0.3, 0.4) is 0 Å². The highest BCUT2D eigenvalue weighted by Gasteiger charge is 2.09. The molecule has 0 radical (unpaired) electrons. The normalized spacial score (nSPS) is 10.3. The van der Waals surface area contributed by atoms with E-state index in [9.17, 15) is 0 Å². The maximum Gasteiger partial charge on any atom is 0.105 e. The number of aliphatic hydroxyl groups is 1. The smallest absolute Gasteiger partial charge is 0.105 e. The van der Waals surface area contributed by atoms with Gasteiger partial charge in [0.2, 0.25) is 0 Å². The third-order valence-corrected chi connectivity index (χ3v) is 2.98. The second-order valence-corrected chi connectivity index (χ2v) is 4.59. The number of hydrogen-bond acceptors (Lipinski definition) is 3. The molecule has 0 aliphatic carbocycles. The summed E-state index contributed by atoms with van der Waals surface area (Å²) < 4.78 is 0. The second-order valence-electron chi connectivity index (χ2n) is 3.74. The Balaban J connectivity index is 2.97. The summed E-state index contributed by atoms with van der Waals surface area (Å²) in [6, 6.07) is 5.58. The van der Waals surface area contributed by atoms with Crippen LogP contribution >= 0.6 is 23.8 Å². The maximum absolute atomic E-state index is 9.02. The molecule has 0 aliphatic heterocycles. The van der Waals surface area contributed by atoms with Crippen LogP contribution in [-0.2, 0) is 0 Å². The molecule has 17 heavy (non-hydrogen) atoms. The fourth-order valence-electron chi connectivity index (χ4n) is 1.66. The van der Waals surface area contributed by atoms with Crippen molar-refractivity contribution in [3.8, 4) is 0 Å². The van der Waals surface area contributed by atoms with Gasteiger partial charge in [-0.2, -0.15) is 0 Å². The van der Waals surface area contributed by atoms with Gasteiger partial charge in [-0.3, -0.25) is 0 Å². The van der Waals surface area contributed by atoms with E-state index in [4.69, 9.17) is 34.7 Å². The summed E-state index contributed by atoms with van der Waals surface area (Å²) in [5, 5.41) is 9.57. The average Bonchev–Trinajstić information content (AvgIpc) is 2.28. The summed E-state index contributed by atoms with van der Waals surface area (Å²) in [6.45, 7) is 3.68. The van der Waals surface area contributed by atoms with Crippen molar-refractivity contribution in [3.05, 3.63) is 28.8 Å². The molecule has 0 fully saturated rings. The van der Waals surface area contributed by atoms with E-state index in [0.29, 0.717) is 22.1 Å². The lowest BCUT2D eigenvalue weighted by molar-refractivity contribution is 0.302. The van der Waals surface area contributed by atoms with E-state index >= 15 is 0 Å². The molecule has 1 rings (SSSR count). The Morgan fingerprint density at radius 2 is 2.18 bits per heavy atom. The first-order chi connectivity index (χ1) is 8.10. The fraction of sp³-hybridized carbons (Fsp3) is 0.417. The van der Waals surface area contributed by atoms with Gasteiger partial charge in [-0.25, -0.2) is 0 Å². The van der Waals surface area contributed by atoms with E-state index in [2.05, 4.69) is 11.8 Å². The number of anilines is 1. The van der Waals surface area contributed by atoms with Crippen molar-refractivity contribution in [2.45, 2.75) is 13.3 Å². The SMILES string of the molecule is CCCN(CCO)c1ccc(C(N)=S)c(Cl)c1. The van der Waals surface area contributed by atoms with E-state index in [-0.39, 0.29) is 6.61 Å². The molecule has 0 amide bonds. The van der Waals surface area contributed by atoms with Crippen LogP contribution in [0.15, 0.2) is 18.2 Å². The zero-order valence-corrected chi connectivity index (χ0v) is 11.4. The van der Waals surface area contributed by atoms with Gasteiger partial charge < -0.3 is 15.7 Å². The zero-order chi connectivity index (χ0) is 12.8.